The van der Waals surface area contributed by atoms with E-state index in [1.54, 1.807) is 0 Å². The SMILES string of the molecule is Cc1cc(C)c(C2([n+]3ccccc3)C=C(c3ccccc3)C(c3ccccc3)=N2)c(C)c1. The van der Waals surface area contributed by atoms with Gasteiger partial charge < -0.3 is 0 Å². The lowest BCUT2D eigenvalue weighted by Gasteiger charge is -2.24. The third-order valence-electron chi connectivity index (χ3n) is 6.17. The zero-order chi connectivity index (χ0) is 22.1. The van der Waals surface area contributed by atoms with Crippen LogP contribution in [0.4, 0.5) is 0 Å². The van der Waals surface area contributed by atoms with Crippen LogP contribution < -0.4 is 4.57 Å². The second-order valence-electron chi connectivity index (χ2n) is 8.53. The smallest absolute Gasteiger partial charge is 0.205 e. The minimum Gasteiger partial charge on any atom is -0.205 e. The highest BCUT2D eigenvalue weighted by Gasteiger charge is 2.47. The van der Waals surface area contributed by atoms with Crippen molar-refractivity contribution in [2.45, 2.75) is 26.4 Å². The van der Waals surface area contributed by atoms with Crippen molar-refractivity contribution in [3.8, 4) is 0 Å². The Labute approximate surface area is 190 Å². The molecular weight excluding hydrogens is 388 g/mol. The summed E-state index contributed by atoms with van der Waals surface area (Å²) < 4.78 is 2.23. The Kier molecular flexibility index (Phi) is 5.07. The quantitative estimate of drug-likeness (QED) is 0.354. The molecule has 1 atom stereocenters. The lowest BCUT2D eigenvalue weighted by Crippen LogP contribution is -2.54. The monoisotopic (exact) mass is 415 g/mol. The molecule has 1 aliphatic heterocycles. The molecule has 5 rings (SSSR count). The Morgan fingerprint density at radius 2 is 1.19 bits per heavy atom. The second-order valence-corrected chi connectivity index (χ2v) is 8.53. The van der Waals surface area contributed by atoms with Gasteiger partial charge in [-0.05, 0) is 37.5 Å². The van der Waals surface area contributed by atoms with Gasteiger partial charge in [-0.15, -0.1) is 0 Å². The highest BCUT2D eigenvalue weighted by Crippen LogP contribution is 2.40. The molecule has 2 heteroatoms. The van der Waals surface area contributed by atoms with Crippen LogP contribution in [0.3, 0.4) is 0 Å². The van der Waals surface area contributed by atoms with E-state index >= 15 is 0 Å². The maximum Gasteiger partial charge on any atom is 0.308 e. The lowest BCUT2D eigenvalue weighted by molar-refractivity contribution is -0.740. The average Bonchev–Trinajstić information content (AvgIpc) is 3.22. The van der Waals surface area contributed by atoms with E-state index in [1.807, 2.05) is 0 Å². The Bertz CT molecular complexity index is 1240. The number of aryl methyl sites for hydroxylation is 3. The summed E-state index contributed by atoms with van der Waals surface area (Å²) in [6.07, 6.45) is 6.58. The van der Waals surface area contributed by atoms with Crippen LogP contribution in [-0.4, -0.2) is 5.71 Å². The minimum absolute atomic E-state index is 0.653. The number of pyridine rings is 1. The fourth-order valence-electron chi connectivity index (χ4n) is 4.96. The zero-order valence-corrected chi connectivity index (χ0v) is 18.8. The van der Waals surface area contributed by atoms with Crippen LogP contribution >= 0.6 is 0 Å². The molecule has 2 heterocycles. The molecule has 0 saturated heterocycles. The Morgan fingerprint density at radius 3 is 1.78 bits per heavy atom. The van der Waals surface area contributed by atoms with E-state index in [0.29, 0.717) is 0 Å². The predicted molar refractivity (Wildman–Crippen MR) is 132 cm³/mol. The molecule has 3 aromatic carbocycles. The Balaban J connectivity index is 1.87. The van der Waals surface area contributed by atoms with E-state index in [2.05, 4.69) is 135 Å². The summed E-state index contributed by atoms with van der Waals surface area (Å²) in [6, 6.07) is 31.8. The van der Waals surface area contributed by atoms with Crippen molar-refractivity contribution in [2.75, 3.05) is 0 Å². The number of aromatic nitrogens is 1. The van der Waals surface area contributed by atoms with Crippen LogP contribution in [0.5, 0.6) is 0 Å². The van der Waals surface area contributed by atoms with Gasteiger partial charge in [0.15, 0.2) is 12.4 Å². The van der Waals surface area contributed by atoms with E-state index in [4.69, 9.17) is 4.99 Å². The van der Waals surface area contributed by atoms with Crippen molar-refractivity contribution >= 4 is 11.3 Å². The number of hydrogen-bond donors (Lipinski definition) is 0. The first kappa shape index (κ1) is 20.1. The fraction of sp³-hybridized carbons (Fsp3) is 0.133. The van der Waals surface area contributed by atoms with Crippen LogP contribution in [0.25, 0.3) is 5.57 Å². The lowest BCUT2D eigenvalue weighted by atomic mass is 9.88. The van der Waals surface area contributed by atoms with Gasteiger partial charge in [0, 0.05) is 29.3 Å². The second kappa shape index (κ2) is 8.05. The van der Waals surface area contributed by atoms with Gasteiger partial charge in [0.25, 0.3) is 0 Å². The van der Waals surface area contributed by atoms with Gasteiger partial charge >= 0.3 is 5.66 Å². The summed E-state index contributed by atoms with van der Waals surface area (Å²) in [5.74, 6) is 0. The van der Waals surface area contributed by atoms with Gasteiger partial charge in [-0.25, -0.2) is 4.99 Å². The molecule has 0 fully saturated rings. The number of allylic oxidation sites excluding steroid dienone is 1. The molecule has 0 radical (unpaired) electrons. The molecule has 4 aromatic rings. The zero-order valence-electron chi connectivity index (χ0n) is 18.8. The Morgan fingerprint density at radius 1 is 0.656 bits per heavy atom. The molecule has 0 bridgehead atoms. The number of hydrogen-bond acceptors (Lipinski definition) is 1. The summed E-state index contributed by atoms with van der Waals surface area (Å²) >= 11 is 0. The van der Waals surface area contributed by atoms with Crippen molar-refractivity contribution < 1.29 is 4.57 Å². The maximum atomic E-state index is 5.53. The molecule has 1 unspecified atom stereocenters. The Hall–Kier alpha value is -3.78. The van der Waals surface area contributed by atoms with E-state index in [9.17, 15) is 0 Å². The normalized spacial score (nSPS) is 17.7. The van der Waals surface area contributed by atoms with Crippen molar-refractivity contribution in [3.05, 3.63) is 143 Å². The molecule has 2 nitrogen and oxygen atoms in total. The van der Waals surface area contributed by atoms with Crippen LogP contribution in [0.2, 0.25) is 0 Å². The molecule has 156 valence electrons. The van der Waals surface area contributed by atoms with Gasteiger partial charge in [-0.2, -0.15) is 4.57 Å². The van der Waals surface area contributed by atoms with Crippen LogP contribution in [0, 0.1) is 20.8 Å². The highest BCUT2D eigenvalue weighted by atomic mass is 15.2. The van der Waals surface area contributed by atoms with Gasteiger partial charge in [-0.3, -0.25) is 0 Å². The first-order valence-corrected chi connectivity index (χ1v) is 11.1. The topological polar surface area (TPSA) is 16.2 Å². The molecule has 32 heavy (non-hydrogen) atoms. The number of aliphatic imine (C=N–C) groups is 1. The number of rotatable bonds is 4. The molecule has 0 amide bonds. The fourth-order valence-corrected chi connectivity index (χ4v) is 4.96. The summed E-state index contributed by atoms with van der Waals surface area (Å²) in [5, 5.41) is 0. The average molecular weight is 416 g/mol. The van der Waals surface area contributed by atoms with Gasteiger partial charge in [0.05, 0.1) is 11.3 Å². The summed E-state index contributed by atoms with van der Waals surface area (Å²) in [5.41, 5.74) is 8.84. The maximum absolute atomic E-state index is 5.53. The third kappa shape index (κ3) is 3.38. The minimum atomic E-state index is -0.653. The van der Waals surface area contributed by atoms with E-state index in [1.165, 1.54) is 27.8 Å². The molecular formula is C30H27N2+. The van der Waals surface area contributed by atoms with Gasteiger partial charge in [-0.1, -0.05) is 84.4 Å². The van der Waals surface area contributed by atoms with Gasteiger partial charge in [0.2, 0.25) is 0 Å². The molecule has 0 spiro atoms. The first-order valence-electron chi connectivity index (χ1n) is 11.1. The van der Waals surface area contributed by atoms with E-state index in [0.717, 1.165) is 16.8 Å². The third-order valence-corrected chi connectivity index (χ3v) is 6.17. The summed E-state index contributed by atoms with van der Waals surface area (Å²) in [7, 11) is 0. The van der Waals surface area contributed by atoms with Crippen molar-refractivity contribution in [1.82, 2.24) is 0 Å². The van der Waals surface area contributed by atoms with Crippen molar-refractivity contribution in [3.63, 3.8) is 0 Å². The van der Waals surface area contributed by atoms with Crippen LogP contribution in [-0.2, 0) is 5.66 Å². The van der Waals surface area contributed by atoms with E-state index in [-0.39, 0.29) is 0 Å². The number of benzene rings is 3. The van der Waals surface area contributed by atoms with Crippen LogP contribution in [0.15, 0.2) is 114 Å². The molecule has 1 aliphatic rings. The standard InChI is InChI=1S/C30H27N2/c1-22-19-23(2)28(24(3)20-22)30(32-17-11-6-12-18-32)21-27(25-13-7-4-8-14-25)29(31-30)26-15-9-5-10-16-26/h4-21H,1-3H3/q+1. The van der Waals surface area contributed by atoms with Crippen molar-refractivity contribution in [2.24, 2.45) is 4.99 Å². The largest absolute Gasteiger partial charge is 0.308 e. The summed E-state index contributed by atoms with van der Waals surface area (Å²) in [6.45, 7) is 6.56. The molecule has 1 aromatic heterocycles. The summed E-state index contributed by atoms with van der Waals surface area (Å²) in [4.78, 5) is 5.53. The molecule has 0 N–H and O–H groups in total. The highest BCUT2D eigenvalue weighted by molar-refractivity contribution is 6.33. The first-order chi connectivity index (χ1) is 15.6. The van der Waals surface area contributed by atoms with Crippen LogP contribution in [0.1, 0.15) is 33.4 Å². The predicted octanol–water partition coefficient (Wildman–Crippen LogP) is 6.19. The molecule has 0 aliphatic carbocycles. The number of nitrogens with zero attached hydrogens (tertiary/aromatic N) is 2. The van der Waals surface area contributed by atoms with Crippen molar-refractivity contribution in [1.29, 1.82) is 0 Å². The molecule has 0 saturated carbocycles. The van der Waals surface area contributed by atoms with Gasteiger partial charge in [0.1, 0.15) is 0 Å². The van der Waals surface area contributed by atoms with E-state index < -0.39 is 5.66 Å².